The van der Waals surface area contributed by atoms with Gasteiger partial charge < -0.3 is 34.5 Å². The summed E-state index contributed by atoms with van der Waals surface area (Å²) >= 11 is 0. The number of carbonyl (C=O) groups is 1. The first-order valence-corrected chi connectivity index (χ1v) is 7.16. The van der Waals surface area contributed by atoms with Crippen molar-refractivity contribution in [3.63, 3.8) is 0 Å². The number of hydrogen-bond acceptors (Lipinski definition) is 7. The van der Waals surface area contributed by atoms with Crippen LogP contribution >= 0.6 is 0 Å². The molecule has 22 heavy (non-hydrogen) atoms. The lowest BCUT2D eigenvalue weighted by Gasteiger charge is -2.39. The van der Waals surface area contributed by atoms with Gasteiger partial charge in [-0.05, 0) is 6.07 Å². The van der Waals surface area contributed by atoms with Crippen LogP contribution in [0.3, 0.4) is 0 Å². The van der Waals surface area contributed by atoms with Crippen LogP contribution in [0.25, 0.3) is 0 Å². The summed E-state index contributed by atoms with van der Waals surface area (Å²) in [5.41, 5.74) is 1.27. The van der Waals surface area contributed by atoms with Crippen LogP contribution in [0, 0.1) is 0 Å². The highest BCUT2D eigenvalue weighted by Crippen LogP contribution is 2.25. The zero-order valence-electron chi connectivity index (χ0n) is 11.8. The molecule has 0 bridgehead atoms. The van der Waals surface area contributed by atoms with Crippen molar-refractivity contribution >= 4 is 5.78 Å². The molecule has 0 saturated carbocycles. The number of hydrogen-bond donors (Lipinski definition) is 4. The minimum atomic E-state index is -1.47. The summed E-state index contributed by atoms with van der Waals surface area (Å²) in [6.07, 6.45) is -4.27. The number of aryl methyl sites for hydroxylation is 1. The van der Waals surface area contributed by atoms with Gasteiger partial charge in [0.1, 0.15) is 24.4 Å². The van der Waals surface area contributed by atoms with E-state index in [0.29, 0.717) is 24.2 Å². The summed E-state index contributed by atoms with van der Waals surface area (Å²) in [7, 11) is 0. The van der Waals surface area contributed by atoms with Crippen molar-refractivity contribution in [3.05, 3.63) is 23.5 Å². The molecule has 0 unspecified atom stereocenters. The topological polar surface area (TPSA) is 121 Å². The van der Waals surface area contributed by atoms with Crippen LogP contribution in [0.15, 0.2) is 12.3 Å². The van der Waals surface area contributed by atoms with Crippen LogP contribution < -0.4 is 0 Å². The molecule has 3 heterocycles. The average molecular weight is 313 g/mol. The number of aliphatic hydroxyl groups is 4. The highest BCUT2D eigenvalue weighted by molar-refractivity contribution is 5.97. The molecule has 1 fully saturated rings. The molecule has 1 aromatic rings. The van der Waals surface area contributed by atoms with Gasteiger partial charge in [-0.25, -0.2) is 0 Å². The van der Waals surface area contributed by atoms with Crippen LogP contribution in [-0.4, -0.2) is 68.1 Å². The van der Waals surface area contributed by atoms with Crippen molar-refractivity contribution in [2.24, 2.45) is 0 Å². The number of fused-ring (bicyclic) bond motifs is 1. The van der Waals surface area contributed by atoms with Crippen molar-refractivity contribution in [2.45, 2.75) is 50.3 Å². The van der Waals surface area contributed by atoms with E-state index in [0.717, 1.165) is 0 Å². The first-order chi connectivity index (χ1) is 10.5. The zero-order valence-corrected chi connectivity index (χ0v) is 11.8. The predicted octanol–water partition coefficient (Wildman–Crippen LogP) is -1.61. The second kappa shape index (κ2) is 6.07. The predicted molar refractivity (Wildman–Crippen MR) is 71.9 cm³/mol. The molecule has 1 saturated heterocycles. The number of aromatic nitrogens is 1. The number of nitrogens with zero attached hydrogens (tertiary/aromatic N) is 1. The van der Waals surface area contributed by atoms with E-state index in [1.807, 2.05) is 4.57 Å². The number of ether oxygens (including phenoxy) is 2. The molecule has 3 rings (SSSR count). The Bertz CT molecular complexity index is 555. The van der Waals surface area contributed by atoms with Crippen molar-refractivity contribution < 1.29 is 34.7 Å². The SMILES string of the molecule is O=C1CCn2ccc(CO[C@@H]3O[C@H](CO)[C@@H](O)[C@H](O)[C@H]3O)c21. The molecule has 0 spiro atoms. The molecule has 5 atom stereocenters. The van der Waals surface area contributed by atoms with Crippen molar-refractivity contribution in [1.82, 2.24) is 4.57 Å². The number of aliphatic hydroxyl groups excluding tert-OH is 4. The molecule has 2 aliphatic rings. The Morgan fingerprint density at radius 2 is 2.05 bits per heavy atom. The van der Waals surface area contributed by atoms with E-state index in [1.165, 1.54) is 0 Å². The Hall–Kier alpha value is -1.29. The Morgan fingerprint density at radius 3 is 2.77 bits per heavy atom. The van der Waals surface area contributed by atoms with Crippen LogP contribution in [-0.2, 0) is 22.6 Å². The first-order valence-electron chi connectivity index (χ1n) is 7.16. The van der Waals surface area contributed by atoms with Gasteiger partial charge in [0.25, 0.3) is 0 Å². The third kappa shape index (κ3) is 2.58. The standard InChI is InChI=1S/C14H19NO7/c16-5-9-11(18)12(19)13(20)14(22-9)21-6-7-1-3-15-4-2-8(17)10(7)15/h1,3,9,11-14,16,18-20H,2,4-6H2/t9-,11-,12+,13-,14-/m1/s1. The number of Topliss-reactive ketones (excluding diaryl/α,β-unsaturated/α-hetero) is 1. The van der Waals surface area contributed by atoms with E-state index in [-0.39, 0.29) is 12.4 Å². The fourth-order valence-corrected chi connectivity index (χ4v) is 2.88. The largest absolute Gasteiger partial charge is 0.394 e. The van der Waals surface area contributed by atoms with Gasteiger partial charge in [-0.2, -0.15) is 0 Å². The maximum atomic E-state index is 11.8. The highest BCUT2D eigenvalue weighted by atomic mass is 16.7. The summed E-state index contributed by atoms with van der Waals surface area (Å²) < 4.78 is 12.5. The molecule has 0 aromatic carbocycles. The van der Waals surface area contributed by atoms with E-state index in [1.54, 1.807) is 12.3 Å². The monoisotopic (exact) mass is 313 g/mol. The minimum Gasteiger partial charge on any atom is -0.394 e. The number of ketones is 1. The van der Waals surface area contributed by atoms with Gasteiger partial charge in [0, 0.05) is 24.7 Å². The van der Waals surface area contributed by atoms with Crippen molar-refractivity contribution in [2.75, 3.05) is 6.61 Å². The fourth-order valence-electron chi connectivity index (χ4n) is 2.88. The van der Waals surface area contributed by atoms with E-state index in [2.05, 4.69) is 0 Å². The Labute approximate surface area is 126 Å². The van der Waals surface area contributed by atoms with Crippen molar-refractivity contribution in [3.8, 4) is 0 Å². The lowest BCUT2D eigenvalue weighted by atomic mass is 9.99. The van der Waals surface area contributed by atoms with Gasteiger partial charge in [-0.15, -0.1) is 0 Å². The van der Waals surface area contributed by atoms with Gasteiger partial charge in [0.05, 0.1) is 18.9 Å². The molecule has 0 radical (unpaired) electrons. The van der Waals surface area contributed by atoms with Crippen LogP contribution in [0.1, 0.15) is 22.5 Å². The molecular weight excluding hydrogens is 294 g/mol. The van der Waals surface area contributed by atoms with Gasteiger partial charge in [0.2, 0.25) is 0 Å². The molecule has 122 valence electrons. The minimum absolute atomic E-state index is 0.0246. The third-order valence-corrected chi connectivity index (χ3v) is 4.14. The molecule has 1 aromatic heterocycles. The molecule has 0 aliphatic carbocycles. The fraction of sp³-hybridized carbons (Fsp3) is 0.643. The second-order valence-electron chi connectivity index (χ2n) is 5.56. The van der Waals surface area contributed by atoms with Gasteiger partial charge in [0.15, 0.2) is 12.1 Å². The maximum Gasteiger partial charge on any atom is 0.187 e. The zero-order chi connectivity index (χ0) is 15.9. The quantitative estimate of drug-likeness (QED) is 0.528. The van der Waals surface area contributed by atoms with Gasteiger partial charge >= 0.3 is 0 Å². The van der Waals surface area contributed by atoms with Crippen LogP contribution in [0.5, 0.6) is 0 Å². The van der Waals surface area contributed by atoms with Gasteiger partial charge in [-0.3, -0.25) is 4.79 Å². The Morgan fingerprint density at radius 1 is 1.27 bits per heavy atom. The first kappa shape index (κ1) is 15.6. The number of rotatable bonds is 4. The summed E-state index contributed by atoms with van der Waals surface area (Å²) in [6.45, 7) is 0.163. The Kier molecular flexibility index (Phi) is 4.31. The smallest absolute Gasteiger partial charge is 0.187 e. The summed E-state index contributed by atoms with van der Waals surface area (Å²) in [5, 5.41) is 38.4. The van der Waals surface area contributed by atoms with Crippen molar-refractivity contribution in [1.29, 1.82) is 0 Å². The second-order valence-corrected chi connectivity index (χ2v) is 5.56. The van der Waals surface area contributed by atoms with E-state index < -0.39 is 37.3 Å². The highest BCUT2D eigenvalue weighted by Gasteiger charge is 2.44. The molecule has 8 nitrogen and oxygen atoms in total. The average Bonchev–Trinajstić information content (AvgIpc) is 3.08. The molecule has 2 aliphatic heterocycles. The van der Waals surface area contributed by atoms with Crippen LogP contribution in [0.4, 0.5) is 0 Å². The molecule has 8 heteroatoms. The lowest BCUT2D eigenvalue weighted by molar-refractivity contribution is -0.304. The number of carbonyl (C=O) groups excluding carboxylic acids is 1. The van der Waals surface area contributed by atoms with E-state index in [4.69, 9.17) is 14.6 Å². The third-order valence-electron chi connectivity index (χ3n) is 4.14. The summed E-state index contributed by atoms with van der Waals surface area (Å²) in [6, 6.07) is 1.76. The van der Waals surface area contributed by atoms with E-state index >= 15 is 0 Å². The molecule has 4 N–H and O–H groups in total. The van der Waals surface area contributed by atoms with Crippen LogP contribution in [0.2, 0.25) is 0 Å². The molecule has 0 amide bonds. The van der Waals surface area contributed by atoms with E-state index in [9.17, 15) is 20.1 Å². The summed E-state index contributed by atoms with van der Waals surface area (Å²) in [5.74, 6) is 0.0393. The Balaban J connectivity index is 1.67. The maximum absolute atomic E-state index is 11.8. The molecular formula is C14H19NO7. The van der Waals surface area contributed by atoms with Gasteiger partial charge in [-0.1, -0.05) is 0 Å². The lowest BCUT2D eigenvalue weighted by Crippen LogP contribution is -2.59. The summed E-state index contributed by atoms with van der Waals surface area (Å²) in [4.78, 5) is 11.8. The normalized spacial score (nSPS) is 34.9.